The number of hydrogen-bond acceptors (Lipinski definition) is 5. The van der Waals surface area contributed by atoms with E-state index < -0.39 is 0 Å². The van der Waals surface area contributed by atoms with Crippen LogP contribution in [0.1, 0.15) is 11.7 Å². The van der Waals surface area contributed by atoms with Crippen LogP contribution in [0.25, 0.3) is 0 Å². The summed E-state index contributed by atoms with van der Waals surface area (Å²) in [4.78, 5) is 31.8. The summed E-state index contributed by atoms with van der Waals surface area (Å²) in [5.74, 6) is 0.438. The van der Waals surface area contributed by atoms with Crippen LogP contribution in [0.15, 0.2) is 42.6 Å². The Balaban J connectivity index is 1.75. The van der Waals surface area contributed by atoms with Gasteiger partial charge >= 0.3 is 6.03 Å². The molecule has 8 nitrogen and oxygen atoms in total. The molecule has 0 spiro atoms. The van der Waals surface area contributed by atoms with Gasteiger partial charge in [0.1, 0.15) is 5.75 Å². The molecule has 2 aromatic rings. The summed E-state index contributed by atoms with van der Waals surface area (Å²) in [6.07, 6.45) is 1.68. The topological polar surface area (TPSA) is 84.0 Å². The molecule has 1 aromatic carbocycles. The Morgan fingerprint density at radius 3 is 2.93 bits per heavy atom. The van der Waals surface area contributed by atoms with Crippen LogP contribution in [0.2, 0.25) is 0 Å². The highest BCUT2D eigenvalue weighted by molar-refractivity contribution is 5.98. The number of nitrogens with one attached hydrogen (secondary N) is 1. The number of amides is 3. The van der Waals surface area contributed by atoms with Gasteiger partial charge in [-0.25, -0.2) is 4.79 Å². The van der Waals surface area contributed by atoms with Gasteiger partial charge in [0.15, 0.2) is 6.61 Å². The third-order valence-corrected chi connectivity index (χ3v) is 4.44. The number of urea groups is 1. The van der Waals surface area contributed by atoms with Crippen LogP contribution in [0, 0.1) is 0 Å². The molecule has 8 heteroatoms. The smallest absolute Gasteiger partial charge is 0.322 e. The molecule has 2 heterocycles. The van der Waals surface area contributed by atoms with E-state index in [0.717, 1.165) is 5.69 Å². The minimum atomic E-state index is -0.325. The van der Waals surface area contributed by atoms with E-state index in [-0.39, 0.29) is 24.6 Å². The molecule has 1 aliphatic heterocycles. The van der Waals surface area contributed by atoms with Crippen LogP contribution in [0.4, 0.5) is 16.2 Å². The van der Waals surface area contributed by atoms with Crippen LogP contribution < -0.4 is 15.0 Å². The maximum atomic E-state index is 12.7. The Labute approximate surface area is 157 Å². The van der Waals surface area contributed by atoms with Crippen molar-refractivity contribution in [3.63, 3.8) is 0 Å². The predicted molar refractivity (Wildman–Crippen MR) is 101 cm³/mol. The Morgan fingerprint density at radius 2 is 2.22 bits per heavy atom. The average Bonchev–Trinajstić information content (AvgIpc) is 2.69. The Kier molecular flexibility index (Phi) is 5.56. The molecule has 1 aromatic heterocycles. The van der Waals surface area contributed by atoms with E-state index in [4.69, 9.17) is 9.47 Å². The van der Waals surface area contributed by atoms with E-state index in [1.165, 1.54) is 4.90 Å². The van der Waals surface area contributed by atoms with Gasteiger partial charge in [-0.05, 0) is 24.3 Å². The van der Waals surface area contributed by atoms with Crippen molar-refractivity contribution in [2.75, 3.05) is 44.6 Å². The Morgan fingerprint density at radius 1 is 1.41 bits per heavy atom. The highest BCUT2D eigenvalue weighted by Gasteiger charge is 2.25. The number of anilines is 2. The number of benzene rings is 1. The van der Waals surface area contributed by atoms with Crippen molar-refractivity contribution in [2.24, 2.45) is 0 Å². The molecule has 0 radical (unpaired) electrons. The first-order valence-electron chi connectivity index (χ1n) is 8.48. The van der Waals surface area contributed by atoms with Crippen molar-refractivity contribution in [2.45, 2.75) is 6.04 Å². The predicted octanol–water partition coefficient (Wildman–Crippen LogP) is 2.29. The summed E-state index contributed by atoms with van der Waals surface area (Å²) in [5.41, 5.74) is 1.99. The Bertz CT molecular complexity index is 828. The van der Waals surface area contributed by atoms with Crippen molar-refractivity contribution in [3.8, 4) is 5.75 Å². The number of ether oxygens (including phenoxy) is 2. The third kappa shape index (κ3) is 4.01. The summed E-state index contributed by atoms with van der Waals surface area (Å²) in [6, 6.07) is 10.1. The zero-order chi connectivity index (χ0) is 19.4. The molecule has 27 heavy (non-hydrogen) atoms. The first-order chi connectivity index (χ1) is 13.0. The first kappa shape index (κ1) is 18.7. The molecule has 1 N–H and O–H groups in total. The van der Waals surface area contributed by atoms with Crippen LogP contribution in [0.3, 0.4) is 0 Å². The maximum Gasteiger partial charge on any atom is 0.322 e. The van der Waals surface area contributed by atoms with Crippen molar-refractivity contribution in [1.29, 1.82) is 0 Å². The second-order valence-electron chi connectivity index (χ2n) is 6.19. The second-order valence-corrected chi connectivity index (χ2v) is 6.19. The molecule has 142 valence electrons. The lowest BCUT2D eigenvalue weighted by Crippen LogP contribution is -2.37. The lowest BCUT2D eigenvalue weighted by molar-refractivity contribution is -0.120. The molecule has 0 saturated heterocycles. The van der Waals surface area contributed by atoms with E-state index in [0.29, 0.717) is 23.7 Å². The average molecular weight is 370 g/mol. The normalized spacial score (nSPS) is 14.2. The van der Waals surface area contributed by atoms with E-state index in [1.807, 2.05) is 18.2 Å². The SMILES string of the molecule is COCC(c1ccccn1)N(C)C(=O)Nc1ccc2c(c1)OCC(=O)N2C. The summed E-state index contributed by atoms with van der Waals surface area (Å²) < 4.78 is 10.7. The lowest BCUT2D eigenvalue weighted by Gasteiger charge is -2.28. The van der Waals surface area contributed by atoms with Crippen molar-refractivity contribution in [1.82, 2.24) is 9.88 Å². The molecule has 0 saturated carbocycles. The molecule has 3 rings (SSSR count). The summed E-state index contributed by atoms with van der Waals surface area (Å²) in [5, 5.41) is 2.85. The highest BCUT2D eigenvalue weighted by Crippen LogP contribution is 2.33. The van der Waals surface area contributed by atoms with Crippen LogP contribution in [-0.4, -0.2) is 56.2 Å². The fourth-order valence-corrected chi connectivity index (χ4v) is 2.83. The van der Waals surface area contributed by atoms with E-state index >= 15 is 0 Å². The molecule has 0 aliphatic carbocycles. The zero-order valence-electron chi connectivity index (χ0n) is 15.5. The van der Waals surface area contributed by atoms with E-state index in [1.54, 1.807) is 50.5 Å². The quantitative estimate of drug-likeness (QED) is 0.873. The minimum absolute atomic E-state index is 0.0175. The number of nitrogens with zero attached hydrogens (tertiary/aromatic N) is 3. The van der Waals surface area contributed by atoms with Crippen LogP contribution in [0.5, 0.6) is 5.75 Å². The molecular formula is C19H22N4O4. The number of likely N-dealkylation sites (N-methyl/N-ethyl adjacent to an activating group) is 2. The van der Waals surface area contributed by atoms with Crippen LogP contribution >= 0.6 is 0 Å². The molecule has 0 fully saturated rings. The first-order valence-corrected chi connectivity index (χ1v) is 8.48. The lowest BCUT2D eigenvalue weighted by atomic mass is 10.2. The van der Waals surface area contributed by atoms with Crippen molar-refractivity contribution >= 4 is 23.3 Å². The van der Waals surface area contributed by atoms with Gasteiger partial charge in [0.05, 0.1) is 24.0 Å². The van der Waals surface area contributed by atoms with Gasteiger partial charge in [-0.3, -0.25) is 9.78 Å². The largest absolute Gasteiger partial charge is 0.481 e. The van der Waals surface area contributed by atoms with Crippen LogP contribution in [-0.2, 0) is 9.53 Å². The maximum absolute atomic E-state index is 12.7. The van der Waals surface area contributed by atoms with Gasteiger partial charge in [0, 0.05) is 39.2 Å². The molecule has 1 aliphatic rings. The van der Waals surface area contributed by atoms with Gasteiger partial charge in [-0.15, -0.1) is 0 Å². The number of methoxy groups -OCH3 is 1. The number of hydrogen-bond donors (Lipinski definition) is 1. The summed E-state index contributed by atoms with van der Waals surface area (Å²) in [7, 11) is 4.97. The fourth-order valence-electron chi connectivity index (χ4n) is 2.83. The zero-order valence-corrected chi connectivity index (χ0v) is 15.5. The Hall–Kier alpha value is -3.13. The number of rotatable bonds is 5. The fraction of sp³-hybridized carbons (Fsp3) is 0.316. The van der Waals surface area contributed by atoms with Gasteiger partial charge in [0.2, 0.25) is 0 Å². The van der Waals surface area contributed by atoms with Crippen molar-refractivity contribution in [3.05, 3.63) is 48.3 Å². The number of pyridine rings is 1. The van der Waals surface area contributed by atoms with Gasteiger partial charge in [0.25, 0.3) is 5.91 Å². The molecule has 1 unspecified atom stereocenters. The highest BCUT2D eigenvalue weighted by atomic mass is 16.5. The van der Waals surface area contributed by atoms with Gasteiger partial charge in [-0.1, -0.05) is 6.07 Å². The number of carbonyl (C=O) groups excluding carboxylic acids is 2. The second kappa shape index (κ2) is 8.05. The molecule has 3 amide bonds. The molecule has 1 atom stereocenters. The molecular weight excluding hydrogens is 348 g/mol. The number of fused-ring (bicyclic) bond motifs is 1. The summed E-state index contributed by atoms with van der Waals surface area (Å²) >= 11 is 0. The minimum Gasteiger partial charge on any atom is -0.481 e. The van der Waals surface area contributed by atoms with Gasteiger partial charge in [-0.2, -0.15) is 0 Å². The van der Waals surface area contributed by atoms with E-state index in [2.05, 4.69) is 10.3 Å². The third-order valence-electron chi connectivity index (χ3n) is 4.44. The van der Waals surface area contributed by atoms with E-state index in [9.17, 15) is 9.59 Å². The molecule has 0 bridgehead atoms. The number of aromatic nitrogens is 1. The number of carbonyl (C=O) groups is 2. The van der Waals surface area contributed by atoms with Gasteiger partial charge < -0.3 is 24.6 Å². The van der Waals surface area contributed by atoms with Crippen molar-refractivity contribution < 1.29 is 19.1 Å². The summed E-state index contributed by atoms with van der Waals surface area (Å²) in [6.45, 7) is 0.303. The monoisotopic (exact) mass is 370 g/mol. The standard InChI is InChI=1S/C19H22N4O4/c1-22-15-8-7-13(10-17(15)27-12-18(22)24)21-19(25)23(2)16(11-26-3)14-6-4-5-9-20-14/h4-10,16H,11-12H2,1-3H3,(H,21,25).